The molecule has 0 radical (unpaired) electrons. The second-order valence-corrected chi connectivity index (χ2v) is 6.34. The summed E-state index contributed by atoms with van der Waals surface area (Å²) in [6, 6.07) is 6.53. The van der Waals surface area contributed by atoms with Gasteiger partial charge in [0.15, 0.2) is 11.4 Å². The van der Waals surface area contributed by atoms with Crippen LogP contribution in [0.2, 0.25) is 0 Å². The minimum atomic E-state index is -0.586. The van der Waals surface area contributed by atoms with E-state index in [9.17, 15) is 15.0 Å². The van der Waals surface area contributed by atoms with Gasteiger partial charge in [0.1, 0.15) is 0 Å². The lowest BCUT2D eigenvalue weighted by Crippen LogP contribution is -2.34. The number of nitrogens with zero attached hydrogens (tertiary/aromatic N) is 5. The van der Waals surface area contributed by atoms with Gasteiger partial charge in [-0.3, -0.25) is 18.8 Å². The molecule has 25 heavy (non-hydrogen) atoms. The van der Waals surface area contributed by atoms with Gasteiger partial charge in [-0.05, 0) is 25.1 Å². The van der Waals surface area contributed by atoms with Crippen molar-refractivity contribution in [2.24, 2.45) is 0 Å². The van der Waals surface area contributed by atoms with Crippen molar-refractivity contribution in [2.75, 3.05) is 6.54 Å². The van der Waals surface area contributed by atoms with Crippen molar-refractivity contribution in [3.05, 3.63) is 57.9 Å². The Bertz CT molecular complexity index is 992. The van der Waals surface area contributed by atoms with Crippen molar-refractivity contribution in [1.82, 2.24) is 24.1 Å². The summed E-state index contributed by atoms with van der Waals surface area (Å²) < 4.78 is 3.24. The Labute approximate surface area is 143 Å². The second kappa shape index (κ2) is 5.98. The molecule has 0 spiro atoms. The summed E-state index contributed by atoms with van der Waals surface area (Å²) in [5.41, 5.74) is 2.37. The van der Waals surface area contributed by atoms with Crippen molar-refractivity contribution in [1.29, 1.82) is 0 Å². The molecule has 8 nitrogen and oxygen atoms in total. The zero-order valence-corrected chi connectivity index (χ0v) is 13.8. The highest BCUT2D eigenvalue weighted by Crippen LogP contribution is 2.19. The average Bonchev–Trinajstić information content (AvgIpc) is 3.00. The van der Waals surface area contributed by atoms with Crippen LogP contribution in [0, 0.1) is 0 Å². The van der Waals surface area contributed by atoms with Crippen LogP contribution >= 0.6 is 0 Å². The number of aromatic nitrogens is 4. The van der Waals surface area contributed by atoms with E-state index >= 15 is 0 Å². The van der Waals surface area contributed by atoms with Crippen molar-refractivity contribution in [3.63, 3.8) is 0 Å². The first-order chi connectivity index (χ1) is 12.0. The van der Waals surface area contributed by atoms with Gasteiger partial charge in [0, 0.05) is 31.9 Å². The molecular weight excluding hydrogens is 322 g/mol. The van der Waals surface area contributed by atoms with Gasteiger partial charge in [0.05, 0.1) is 29.7 Å². The van der Waals surface area contributed by atoms with Crippen LogP contribution in [0.15, 0.2) is 35.3 Å². The molecule has 1 atom stereocenters. The number of aromatic hydroxyl groups is 1. The Morgan fingerprint density at radius 2 is 2.16 bits per heavy atom. The highest BCUT2D eigenvalue weighted by molar-refractivity contribution is 5.52. The number of aliphatic hydroxyl groups excluding tert-OH is 1. The SMILES string of the molecule is C[C@@H](O)c1cc2n(n1)CCN(Cc1cc(=O)n3cccc(O)c3n1)C2. The van der Waals surface area contributed by atoms with Gasteiger partial charge in [-0.15, -0.1) is 0 Å². The van der Waals surface area contributed by atoms with Crippen molar-refractivity contribution < 1.29 is 10.2 Å². The normalized spacial score (nSPS) is 16.1. The molecule has 0 saturated heterocycles. The fourth-order valence-corrected chi connectivity index (χ4v) is 3.15. The van der Waals surface area contributed by atoms with E-state index in [0.717, 1.165) is 18.8 Å². The highest BCUT2D eigenvalue weighted by Gasteiger charge is 2.20. The molecule has 0 aliphatic carbocycles. The molecule has 3 aromatic heterocycles. The third-order valence-electron chi connectivity index (χ3n) is 4.43. The predicted octanol–water partition coefficient (Wildman–Crippen LogP) is 0.666. The molecule has 4 rings (SSSR count). The second-order valence-electron chi connectivity index (χ2n) is 6.34. The molecular formula is C17H19N5O3. The van der Waals surface area contributed by atoms with Gasteiger partial charge in [-0.1, -0.05) is 0 Å². The molecule has 2 N–H and O–H groups in total. The minimum absolute atomic E-state index is 0.0141. The average molecular weight is 341 g/mol. The van der Waals surface area contributed by atoms with E-state index in [4.69, 9.17) is 0 Å². The van der Waals surface area contributed by atoms with Gasteiger partial charge < -0.3 is 10.2 Å². The lowest BCUT2D eigenvalue weighted by Gasteiger charge is -2.27. The first kappa shape index (κ1) is 15.8. The van der Waals surface area contributed by atoms with E-state index in [0.29, 0.717) is 24.5 Å². The summed E-state index contributed by atoms with van der Waals surface area (Å²) in [6.07, 6.45) is 1.00. The highest BCUT2D eigenvalue weighted by atomic mass is 16.3. The molecule has 4 heterocycles. The Hall–Kier alpha value is -2.71. The van der Waals surface area contributed by atoms with Gasteiger partial charge in [-0.2, -0.15) is 5.10 Å². The fraction of sp³-hybridized carbons (Fsp3) is 0.353. The quantitative estimate of drug-likeness (QED) is 0.727. The van der Waals surface area contributed by atoms with Crippen molar-refractivity contribution in [2.45, 2.75) is 32.7 Å². The van der Waals surface area contributed by atoms with Gasteiger partial charge in [0.2, 0.25) is 0 Å². The van der Waals surface area contributed by atoms with Gasteiger partial charge >= 0.3 is 0 Å². The lowest BCUT2D eigenvalue weighted by molar-refractivity contribution is 0.189. The number of fused-ring (bicyclic) bond motifs is 2. The van der Waals surface area contributed by atoms with Crippen LogP contribution in [0.4, 0.5) is 0 Å². The zero-order valence-electron chi connectivity index (χ0n) is 13.8. The number of aliphatic hydroxyl groups is 1. The minimum Gasteiger partial charge on any atom is -0.504 e. The summed E-state index contributed by atoms with van der Waals surface area (Å²) in [4.78, 5) is 18.8. The maximum absolute atomic E-state index is 12.2. The maximum atomic E-state index is 12.2. The Balaban J connectivity index is 1.59. The summed E-state index contributed by atoms with van der Waals surface area (Å²) in [7, 11) is 0. The first-order valence-electron chi connectivity index (χ1n) is 8.18. The summed E-state index contributed by atoms with van der Waals surface area (Å²) in [6.45, 7) is 4.37. The van der Waals surface area contributed by atoms with E-state index in [-0.39, 0.29) is 17.0 Å². The van der Waals surface area contributed by atoms with Crippen LogP contribution < -0.4 is 5.56 Å². The molecule has 1 aliphatic rings. The maximum Gasteiger partial charge on any atom is 0.258 e. The lowest BCUT2D eigenvalue weighted by atomic mass is 10.2. The monoisotopic (exact) mass is 341 g/mol. The van der Waals surface area contributed by atoms with Crippen LogP contribution in [-0.2, 0) is 19.6 Å². The molecule has 3 aromatic rings. The number of hydrogen-bond donors (Lipinski definition) is 2. The Kier molecular flexibility index (Phi) is 3.78. The van der Waals surface area contributed by atoms with E-state index < -0.39 is 6.10 Å². The van der Waals surface area contributed by atoms with Crippen molar-refractivity contribution in [3.8, 4) is 5.75 Å². The van der Waals surface area contributed by atoms with Crippen molar-refractivity contribution >= 4 is 5.65 Å². The molecule has 1 aliphatic heterocycles. The zero-order chi connectivity index (χ0) is 17.6. The molecule has 0 fully saturated rings. The summed E-state index contributed by atoms with van der Waals surface area (Å²) in [5.74, 6) is -0.0141. The fourth-order valence-electron chi connectivity index (χ4n) is 3.15. The molecule has 0 saturated carbocycles. The van der Waals surface area contributed by atoms with Crippen LogP contribution in [-0.4, -0.2) is 40.8 Å². The van der Waals surface area contributed by atoms with E-state index in [2.05, 4.69) is 15.0 Å². The topological polar surface area (TPSA) is 95.9 Å². The number of rotatable bonds is 3. The van der Waals surface area contributed by atoms with Crippen LogP contribution in [0.5, 0.6) is 5.75 Å². The molecule has 8 heteroatoms. The third kappa shape index (κ3) is 2.90. The Morgan fingerprint density at radius 3 is 2.96 bits per heavy atom. The smallest absolute Gasteiger partial charge is 0.258 e. The summed E-state index contributed by atoms with van der Waals surface area (Å²) >= 11 is 0. The van der Waals surface area contributed by atoms with Crippen LogP contribution in [0.25, 0.3) is 5.65 Å². The standard InChI is InChI=1S/C17H19N5O3/c1-11(23)14-8-13-10-20(5-6-22(13)19-14)9-12-7-16(25)21-4-2-3-15(24)17(21)18-12/h2-4,7-8,11,23-24H,5-6,9-10H2,1H3/t11-/m1/s1. The first-order valence-corrected chi connectivity index (χ1v) is 8.18. The largest absolute Gasteiger partial charge is 0.504 e. The molecule has 130 valence electrons. The van der Waals surface area contributed by atoms with Crippen LogP contribution in [0.1, 0.15) is 30.1 Å². The number of hydrogen-bond acceptors (Lipinski definition) is 6. The third-order valence-corrected chi connectivity index (χ3v) is 4.43. The van der Waals surface area contributed by atoms with E-state index in [1.807, 2.05) is 10.7 Å². The molecule has 0 amide bonds. The molecule has 0 bridgehead atoms. The predicted molar refractivity (Wildman–Crippen MR) is 90.1 cm³/mol. The summed E-state index contributed by atoms with van der Waals surface area (Å²) in [5, 5.41) is 24.0. The van der Waals surface area contributed by atoms with Crippen LogP contribution in [0.3, 0.4) is 0 Å². The molecule has 0 aromatic carbocycles. The van der Waals surface area contributed by atoms with Gasteiger partial charge in [0.25, 0.3) is 5.56 Å². The molecule has 0 unspecified atom stereocenters. The van der Waals surface area contributed by atoms with Gasteiger partial charge in [-0.25, -0.2) is 4.98 Å². The van der Waals surface area contributed by atoms with E-state index in [1.54, 1.807) is 19.2 Å². The van der Waals surface area contributed by atoms with E-state index in [1.165, 1.54) is 16.5 Å². The Morgan fingerprint density at radius 1 is 1.32 bits per heavy atom. The number of pyridine rings is 1.